The average Bonchev–Trinajstić information content (AvgIpc) is 3.34. The Labute approximate surface area is 178 Å². The van der Waals surface area contributed by atoms with Gasteiger partial charge in [-0.1, -0.05) is 12.1 Å². The standard InChI is InChI=1S/C22H23N5O4/c1-30-15-4-2-3-14(9-15)16-7-8-21(28)27(26-16)20-12-31-11-19(20)23-22(29)18-10-17(24-25-18)13-5-6-13/h2-4,7-10,13,19-20H,5-6,11-12H2,1H3,(H,23,29)(H,24,25). The Morgan fingerprint density at radius 2 is 2.10 bits per heavy atom. The van der Waals surface area contributed by atoms with Gasteiger partial charge in [0.25, 0.3) is 11.5 Å². The largest absolute Gasteiger partial charge is 0.497 e. The summed E-state index contributed by atoms with van der Waals surface area (Å²) in [7, 11) is 1.60. The number of aromatic nitrogens is 4. The van der Waals surface area contributed by atoms with Gasteiger partial charge in [0.1, 0.15) is 17.5 Å². The van der Waals surface area contributed by atoms with Crippen LogP contribution in [0.1, 0.15) is 41.0 Å². The number of nitrogens with one attached hydrogen (secondary N) is 2. The number of benzene rings is 1. The molecule has 1 saturated carbocycles. The molecular formula is C22H23N5O4. The van der Waals surface area contributed by atoms with Crippen molar-refractivity contribution in [2.24, 2.45) is 0 Å². The van der Waals surface area contributed by atoms with Crippen LogP contribution in [0.15, 0.2) is 47.3 Å². The molecule has 3 heterocycles. The van der Waals surface area contributed by atoms with Crippen LogP contribution in [0, 0.1) is 0 Å². The van der Waals surface area contributed by atoms with Crippen molar-refractivity contribution in [1.82, 2.24) is 25.3 Å². The van der Waals surface area contributed by atoms with E-state index in [2.05, 4.69) is 20.6 Å². The highest BCUT2D eigenvalue weighted by Gasteiger charge is 2.34. The molecule has 1 aliphatic heterocycles. The SMILES string of the molecule is COc1cccc(-c2ccc(=O)n(C3COCC3NC(=O)c3cc(C4CC4)[nH]n3)n2)c1. The Kier molecular flexibility index (Phi) is 5.03. The topological polar surface area (TPSA) is 111 Å². The summed E-state index contributed by atoms with van der Waals surface area (Å²) >= 11 is 0. The third-order valence-corrected chi connectivity index (χ3v) is 5.72. The van der Waals surface area contributed by atoms with E-state index in [1.807, 2.05) is 24.3 Å². The highest BCUT2D eigenvalue weighted by molar-refractivity contribution is 5.92. The zero-order valence-corrected chi connectivity index (χ0v) is 17.1. The summed E-state index contributed by atoms with van der Waals surface area (Å²) in [6, 6.07) is 11.6. The Balaban J connectivity index is 1.38. The van der Waals surface area contributed by atoms with Crippen LogP contribution in [0.3, 0.4) is 0 Å². The molecule has 1 aromatic carbocycles. The second-order valence-electron chi connectivity index (χ2n) is 7.90. The van der Waals surface area contributed by atoms with E-state index >= 15 is 0 Å². The van der Waals surface area contributed by atoms with Gasteiger partial charge in [-0.25, -0.2) is 4.68 Å². The first-order chi connectivity index (χ1) is 15.1. The van der Waals surface area contributed by atoms with Crippen molar-refractivity contribution >= 4 is 5.91 Å². The van der Waals surface area contributed by atoms with Crippen molar-refractivity contribution in [2.75, 3.05) is 20.3 Å². The van der Waals surface area contributed by atoms with Crippen molar-refractivity contribution in [2.45, 2.75) is 30.8 Å². The zero-order valence-electron chi connectivity index (χ0n) is 17.1. The molecule has 2 aromatic heterocycles. The van der Waals surface area contributed by atoms with Crippen molar-refractivity contribution in [3.63, 3.8) is 0 Å². The third-order valence-electron chi connectivity index (χ3n) is 5.72. The molecular weight excluding hydrogens is 398 g/mol. The molecule has 9 nitrogen and oxygen atoms in total. The summed E-state index contributed by atoms with van der Waals surface area (Å²) in [6.45, 7) is 0.584. The molecule has 0 bridgehead atoms. The number of amides is 1. The number of hydrogen-bond acceptors (Lipinski definition) is 6. The molecule has 2 fully saturated rings. The lowest BCUT2D eigenvalue weighted by Crippen LogP contribution is -2.44. The average molecular weight is 421 g/mol. The number of carbonyl (C=O) groups excluding carboxylic acids is 1. The summed E-state index contributed by atoms with van der Waals surface area (Å²) in [5, 5.41) is 14.6. The van der Waals surface area contributed by atoms with Crippen LogP contribution in [0.4, 0.5) is 0 Å². The van der Waals surface area contributed by atoms with Crippen molar-refractivity contribution in [3.05, 3.63) is 64.2 Å². The van der Waals surface area contributed by atoms with E-state index in [-0.39, 0.29) is 24.1 Å². The molecule has 3 aromatic rings. The summed E-state index contributed by atoms with van der Waals surface area (Å²) < 4.78 is 12.3. The molecule has 2 atom stereocenters. The fourth-order valence-electron chi connectivity index (χ4n) is 3.82. The van der Waals surface area contributed by atoms with Crippen LogP contribution in [-0.4, -0.2) is 52.3 Å². The van der Waals surface area contributed by atoms with Gasteiger partial charge < -0.3 is 14.8 Å². The van der Waals surface area contributed by atoms with Gasteiger partial charge in [-0.2, -0.15) is 10.2 Å². The number of carbonyl (C=O) groups is 1. The van der Waals surface area contributed by atoms with E-state index in [1.54, 1.807) is 19.2 Å². The first-order valence-electron chi connectivity index (χ1n) is 10.3. The van der Waals surface area contributed by atoms with Gasteiger partial charge in [-0.3, -0.25) is 14.7 Å². The maximum absolute atomic E-state index is 12.7. The highest BCUT2D eigenvalue weighted by atomic mass is 16.5. The maximum Gasteiger partial charge on any atom is 0.272 e. The summed E-state index contributed by atoms with van der Waals surface area (Å²) in [5.74, 6) is 0.898. The fourth-order valence-corrected chi connectivity index (χ4v) is 3.82. The van der Waals surface area contributed by atoms with E-state index < -0.39 is 6.04 Å². The van der Waals surface area contributed by atoms with Gasteiger partial charge in [0.05, 0.1) is 32.1 Å². The zero-order chi connectivity index (χ0) is 21.4. The molecule has 31 heavy (non-hydrogen) atoms. The smallest absolute Gasteiger partial charge is 0.272 e. The molecule has 0 spiro atoms. The quantitative estimate of drug-likeness (QED) is 0.629. The number of rotatable bonds is 6. The molecule has 9 heteroatoms. The van der Waals surface area contributed by atoms with Gasteiger partial charge in [0.2, 0.25) is 0 Å². The van der Waals surface area contributed by atoms with E-state index in [9.17, 15) is 9.59 Å². The Morgan fingerprint density at radius 1 is 1.23 bits per heavy atom. The first kappa shape index (κ1) is 19.5. The van der Waals surface area contributed by atoms with Crippen LogP contribution in [0.2, 0.25) is 0 Å². The molecule has 2 unspecified atom stereocenters. The van der Waals surface area contributed by atoms with E-state index in [1.165, 1.54) is 10.7 Å². The lowest BCUT2D eigenvalue weighted by Gasteiger charge is -2.20. The molecule has 1 saturated heterocycles. The van der Waals surface area contributed by atoms with E-state index in [4.69, 9.17) is 9.47 Å². The molecule has 2 aliphatic rings. The molecule has 0 radical (unpaired) electrons. The van der Waals surface area contributed by atoms with Crippen LogP contribution >= 0.6 is 0 Å². The predicted molar refractivity (Wildman–Crippen MR) is 112 cm³/mol. The van der Waals surface area contributed by atoms with Crippen molar-refractivity contribution in [1.29, 1.82) is 0 Å². The minimum atomic E-state index is -0.413. The number of methoxy groups -OCH3 is 1. The highest BCUT2D eigenvalue weighted by Crippen LogP contribution is 2.39. The summed E-state index contributed by atoms with van der Waals surface area (Å²) in [4.78, 5) is 25.3. The van der Waals surface area contributed by atoms with Crippen molar-refractivity contribution in [3.8, 4) is 17.0 Å². The number of nitrogens with zero attached hydrogens (tertiary/aromatic N) is 3. The lowest BCUT2D eigenvalue weighted by atomic mass is 10.1. The second-order valence-corrected chi connectivity index (χ2v) is 7.90. The molecule has 2 N–H and O–H groups in total. The number of hydrogen-bond donors (Lipinski definition) is 2. The number of aromatic amines is 1. The van der Waals surface area contributed by atoms with Crippen LogP contribution < -0.4 is 15.6 Å². The maximum atomic E-state index is 12.7. The van der Waals surface area contributed by atoms with Gasteiger partial charge >= 0.3 is 0 Å². The van der Waals surface area contributed by atoms with Gasteiger partial charge in [-0.15, -0.1) is 0 Å². The van der Waals surface area contributed by atoms with Crippen LogP contribution in [0.25, 0.3) is 11.3 Å². The van der Waals surface area contributed by atoms with Gasteiger partial charge in [0.15, 0.2) is 0 Å². The van der Waals surface area contributed by atoms with Gasteiger partial charge in [0, 0.05) is 23.2 Å². The van der Waals surface area contributed by atoms with E-state index in [0.717, 1.165) is 24.1 Å². The monoisotopic (exact) mass is 421 g/mol. The Bertz CT molecular complexity index is 1170. The number of ether oxygens (including phenoxy) is 2. The predicted octanol–water partition coefficient (Wildman–Crippen LogP) is 1.89. The summed E-state index contributed by atoms with van der Waals surface area (Å²) in [6.07, 6.45) is 2.25. The molecule has 160 valence electrons. The lowest BCUT2D eigenvalue weighted by molar-refractivity contribution is 0.0919. The minimum absolute atomic E-state index is 0.253. The van der Waals surface area contributed by atoms with Crippen LogP contribution in [-0.2, 0) is 4.74 Å². The fraction of sp³-hybridized carbons (Fsp3) is 0.364. The second kappa shape index (κ2) is 7.99. The normalized spacial score (nSPS) is 20.5. The summed E-state index contributed by atoms with van der Waals surface area (Å²) in [5.41, 5.74) is 2.55. The van der Waals surface area contributed by atoms with Gasteiger partial charge in [-0.05, 0) is 37.1 Å². The van der Waals surface area contributed by atoms with Crippen molar-refractivity contribution < 1.29 is 14.3 Å². The molecule has 1 aliphatic carbocycles. The third kappa shape index (κ3) is 3.96. The Hall–Kier alpha value is -3.46. The first-order valence-corrected chi connectivity index (χ1v) is 10.3. The Morgan fingerprint density at radius 3 is 2.90 bits per heavy atom. The molecule has 1 amide bonds. The number of H-pyrrole nitrogens is 1. The minimum Gasteiger partial charge on any atom is -0.497 e. The van der Waals surface area contributed by atoms with E-state index in [0.29, 0.717) is 29.7 Å². The molecule has 5 rings (SSSR count). The van der Waals surface area contributed by atoms with Crippen LogP contribution in [0.5, 0.6) is 5.75 Å².